The highest BCUT2D eigenvalue weighted by atomic mass is 16.5. The summed E-state index contributed by atoms with van der Waals surface area (Å²) in [7, 11) is 0. The quantitative estimate of drug-likeness (QED) is 0.809. The number of rotatable bonds is 3. The number of carbonyl (C=O) groups excluding carboxylic acids is 1. The Hall–Kier alpha value is -0.870. The minimum Gasteiger partial charge on any atom is -0.378 e. The van der Waals surface area contributed by atoms with Crippen LogP contribution in [0.4, 0.5) is 0 Å². The Morgan fingerprint density at radius 2 is 2.33 bits per heavy atom. The Morgan fingerprint density at radius 3 is 3.14 bits per heavy atom. The molecule has 1 amide bonds. The number of hydrogen-bond donors (Lipinski definition) is 1. The van der Waals surface area contributed by atoms with Crippen molar-refractivity contribution in [3.05, 3.63) is 11.6 Å². The Labute approximate surface area is 127 Å². The van der Waals surface area contributed by atoms with Gasteiger partial charge in [-0.1, -0.05) is 25.5 Å². The summed E-state index contributed by atoms with van der Waals surface area (Å²) >= 11 is 0. The molecule has 2 fully saturated rings. The molecule has 4 heteroatoms. The summed E-state index contributed by atoms with van der Waals surface area (Å²) in [4.78, 5) is 14.8. The molecule has 0 radical (unpaired) electrons. The largest absolute Gasteiger partial charge is 0.378 e. The number of amides is 1. The first-order valence-corrected chi connectivity index (χ1v) is 8.50. The van der Waals surface area contributed by atoms with Crippen molar-refractivity contribution >= 4 is 5.91 Å². The molecule has 4 unspecified atom stereocenters. The van der Waals surface area contributed by atoms with E-state index in [1.165, 1.54) is 24.8 Å². The lowest BCUT2D eigenvalue weighted by molar-refractivity contribution is -0.133. The lowest BCUT2D eigenvalue weighted by Crippen LogP contribution is -2.56. The number of allylic oxidation sites excluding steroid dienone is 1. The molecule has 0 aromatic carbocycles. The van der Waals surface area contributed by atoms with Crippen LogP contribution in [0.25, 0.3) is 0 Å². The van der Waals surface area contributed by atoms with E-state index in [-0.39, 0.29) is 18.0 Å². The zero-order valence-electron chi connectivity index (χ0n) is 13.3. The number of ether oxygens (including phenoxy) is 1. The van der Waals surface area contributed by atoms with Crippen LogP contribution in [0.15, 0.2) is 11.6 Å². The fourth-order valence-corrected chi connectivity index (χ4v) is 4.20. The second-order valence-electron chi connectivity index (χ2n) is 6.88. The van der Waals surface area contributed by atoms with Crippen molar-refractivity contribution in [3.63, 3.8) is 0 Å². The first-order valence-electron chi connectivity index (χ1n) is 8.50. The molecule has 3 rings (SSSR count). The van der Waals surface area contributed by atoms with Crippen molar-refractivity contribution in [1.29, 1.82) is 0 Å². The Bertz CT molecular complexity index is 421. The van der Waals surface area contributed by atoms with Crippen LogP contribution in [0, 0.1) is 11.8 Å². The third kappa shape index (κ3) is 3.32. The first kappa shape index (κ1) is 15.0. The number of hydrogen-bond acceptors (Lipinski definition) is 3. The lowest BCUT2D eigenvalue weighted by Gasteiger charge is -2.39. The van der Waals surface area contributed by atoms with Crippen molar-refractivity contribution < 1.29 is 9.53 Å². The van der Waals surface area contributed by atoms with E-state index in [1.807, 2.05) is 0 Å². The number of morpholine rings is 1. The maximum atomic E-state index is 12.6. The van der Waals surface area contributed by atoms with Gasteiger partial charge in [0.1, 0.15) is 6.04 Å². The minimum atomic E-state index is -0.108. The molecule has 0 aromatic rings. The average Bonchev–Trinajstić information content (AvgIpc) is 2.49. The summed E-state index contributed by atoms with van der Waals surface area (Å²) in [6, 6.07) is 0.153. The van der Waals surface area contributed by atoms with E-state index in [2.05, 4.69) is 30.1 Å². The van der Waals surface area contributed by atoms with Gasteiger partial charge in [-0.05, 0) is 44.1 Å². The molecule has 2 aliphatic carbocycles. The zero-order chi connectivity index (χ0) is 14.8. The van der Waals surface area contributed by atoms with Crippen LogP contribution >= 0.6 is 0 Å². The zero-order valence-corrected chi connectivity index (χ0v) is 13.3. The highest BCUT2D eigenvalue weighted by Crippen LogP contribution is 2.38. The van der Waals surface area contributed by atoms with Crippen LogP contribution in [0.1, 0.15) is 39.5 Å². The Kier molecular flexibility index (Phi) is 4.65. The molecule has 3 aliphatic rings. The predicted octanol–water partition coefficient (Wildman–Crippen LogP) is 1.96. The van der Waals surface area contributed by atoms with Gasteiger partial charge in [-0.2, -0.15) is 0 Å². The normalized spacial score (nSPS) is 37.0. The van der Waals surface area contributed by atoms with E-state index >= 15 is 0 Å². The van der Waals surface area contributed by atoms with Gasteiger partial charge < -0.3 is 10.1 Å². The summed E-state index contributed by atoms with van der Waals surface area (Å²) in [5.41, 5.74) is 1.47. The molecule has 21 heavy (non-hydrogen) atoms. The molecule has 0 spiro atoms. The molecule has 0 aromatic heterocycles. The van der Waals surface area contributed by atoms with Crippen molar-refractivity contribution in [2.45, 2.75) is 51.6 Å². The maximum Gasteiger partial charge on any atom is 0.240 e. The van der Waals surface area contributed by atoms with Crippen LogP contribution in [0.5, 0.6) is 0 Å². The van der Waals surface area contributed by atoms with E-state index in [1.54, 1.807) is 0 Å². The number of likely N-dealkylation sites (N-methyl/N-ethyl adjacent to an activating group) is 1. The summed E-state index contributed by atoms with van der Waals surface area (Å²) in [5, 5.41) is 3.30. The van der Waals surface area contributed by atoms with E-state index in [0.29, 0.717) is 12.5 Å². The smallest absolute Gasteiger partial charge is 0.240 e. The van der Waals surface area contributed by atoms with Crippen molar-refractivity contribution in [1.82, 2.24) is 10.2 Å². The van der Waals surface area contributed by atoms with Crippen molar-refractivity contribution in [3.8, 4) is 0 Å². The van der Waals surface area contributed by atoms with Gasteiger partial charge in [0, 0.05) is 6.54 Å². The number of nitrogens with one attached hydrogen (secondary N) is 1. The third-order valence-electron chi connectivity index (χ3n) is 5.30. The van der Waals surface area contributed by atoms with E-state index in [0.717, 1.165) is 32.0 Å². The molecule has 1 aliphatic heterocycles. The minimum absolute atomic E-state index is 0.108. The van der Waals surface area contributed by atoms with Gasteiger partial charge in [0.05, 0.1) is 19.3 Å². The SMILES string of the molecule is CCN1CCOCC1C(=O)NC1CCC2CC1=CC(C)C2. The van der Waals surface area contributed by atoms with Gasteiger partial charge in [0.25, 0.3) is 0 Å². The number of nitrogens with zero attached hydrogens (tertiary/aromatic N) is 1. The second-order valence-corrected chi connectivity index (χ2v) is 6.88. The number of carbonyl (C=O) groups is 1. The third-order valence-corrected chi connectivity index (χ3v) is 5.30. The average molecular weight is 292 g/mol. The monoisotopic (exact) mass is 292 g/mol. The molecule has 2 bridgehead atoms. The van der Waals surface area contributed by atoms with Gasteiger partial charge in [-0.15, -0.1) is 0 Å². The predicted molar refractivity (Wildman–Crippen MR) is 83.0 cm³/mol. The molecule has 1 saturated heterocycles. The second kappa shape index (κ2) is 6.49. The van der Waals surface area contributed by atoms with Crippen LogP contribution in [0.3, 0.4) is 0 Å². The van der Waals surface area contributed by atoms with Crippen molar-refractivity contribution in [2.24, 2.45) is 11.8 Å². The Balaban J connectivity index is 1.64. The fraction of sp³-hybridized carbons (Fsp3) is 0.824. The molecule has 1 heterocycles. The molecule has 1 N–H and O–H groups in total. The number of fused-ring (bicyclic) bond motifs is 2. The van der Waals surface area contributed by atoms with Crippen LogP contribution < -0.4 is 5.32 Å². The van der Waals surface area contributed by atoms with Gasteiger partial charge in [-0.3, -0.25) is 9.69 Å². The molecular formula is C17H28N2O2. The highest BCUT2D eigenvalue weighted by Gasteiger charge is 2.34. The van der Waals surface area contributed by atoms with E-state index < -0.39 is 0 Å². The van der Waals surface area contributed by atoms with Gasteiger partial charge in [0.2, 0.25) is 5.91 Å². The highest BCUT2D eigenvalue weighted by molar-refractivity contribution is 5.82. The first-order chi connectivity index (χ1) is 10.2. The topological polar surface area (TPSA) is 41.6 Å². The van der Waals surface area contributed by atoms with Crippen LogP contribution in [0.2, 0.25) is 0 Å². The standard InChI is InChI=1S/C17H28N2O2/c1-3-19-6-7-21-11-16(19)17(20)18-15-5-4-13-8-12(2)9-14(15)10-13/h9,12-13,15-16H,3-8,10-11H2,1-2H3,(H,18,20). The molecule has 4 atom stereocenters. The van der Waals surface area contributed by atoms with Gasteiger partial charge >= 0.3 is 0 Å². The van der Waals surface area contributed by atoms with Gasteiger partial charge in [-0.25, -0.2) is 0 Å². The van der Waals surface area contributed by atoms with E-state index in [9.17, 15) is 4.79 Å². The van der Waals surface area contributed by atoms with E-state index in [4.69, 9.17) is 4.74 Å². The summed E-state index contributed by atoms with van der Waals surface area (Å²) in [6.45, 7) is 7.46. The molecule has 1 saturated carbocycles. The molecule has 118 valence electrons. The fourth-order valence-electron chi connectivity index (χ4n) is 4.20. The van der Waals surface area contributed by atoms with Crippen molar-refractivity contribution in [2.75, 3.05) is 26.3 Å². The van der Waals surface area contributed by atoms with Crippen LogP contribution in [-0.2, 0) is 9.53 Å². The lowest BCUT2D eigenvalue weighted by atomic mass is 9.73. The summed E-state index contributed by atoms with van der Waals surface area (Å²) in [6.07, 6.45) is 7.27. The maximum absolute atomic E-state index is 12.6. The van der Waals surface area contributed by atoms with Gasteiger partial charge in [0.15, 0.2) is 0 Å². The Morgan fingerprint density at radius 1 is 1.48 bits per heavy atom. The molecule has 4 nitrogen and oxygen atoms in total. The summed E-state index contributed by atoms with van der Waals surface area (Å²) < 4.78 is 5.51. The molecular weight excluding hydrogens is 264 g/mol. The van der Waals surface area contributed by atoms with Crippen LogP contribution in [-0.4, -0.2) is 49.2 Å². The summed E-state index contributed by atoms with van der Waals surface area (Å²) in [5.74, 6) is 1.67.